The number of hydrogen-bond acceptors (Lipinski definition) is 1. The van der Waals surface area contributed by atoms with Crippen molar-refractivity contribution >= 4 is 10.8 Å². The van der Waals surface area contributed by atoms with E-state index in [2.05, 4.69) is 49.4 Å². The highest BCUT2D eigenvalue weighted by atomic mass is 14.7. The third kappa shape index (κ3) is 3.29. The van der Waals surface area contributed by atoms with E-state index in [1.807, 2.05) is 0 Å². The lowest BCUT2D eigenvalue weighted by atomic mass is 9.72. The van der Waals surface area contributed by atoms with Gasteiger partial charge in [-0.25, -0.2) is 0 Å². The summed E-state index contributed by atoms with van der Waals surface area (Å²) in [6.07, 6.45) is 8.70. The van der Waals surface area contributed by atoms with Crippen LogP contribution in [0, 0.1) is 5.92 Å². The summed E-state index contributed by atoms with van der Waals surface area (Å²) < 4.78 is 0. The van der Waals surface area contributed by atoms with Gasteiger partial charge in [-0.2, -0.15) is 0 Å². The molecule has 1 nitrogen and oxygen atoms in total. The van der Waals surface area contributed by atoms with Crippen molar-refractivity contribution in [3.63, 3.8) is 0 Å². The van der Waals surface area contributed by atoms with Gasteiger partial charge in [-0.15, -0.1) is 0 Å². The molecule has 0 aromatic heterocycles. The van der Waals surface area contributed by atoms with Crippen LogP contribution >= 0.6 is 0 Å². The Kier molecular flexibility index (Phi) is 4.30. The molecule has 1 saturated carbocycles. The minimum Gasteiger partial charge on any atom is -0.325 e. The van der Waals surface area contributed by atoms with Crippen LogP contribution in [0.25, 0.3) is 10.8 Å². The second-order valence-corrected chi connectivity index (χ2v) is 6.91. The Morgan fingerprint density at radius 2 is 1.76 bits per heavy atom. The van der Waals surface area contributed by atoms with Gasteiger partial charge in [0, 0.05) is 5.54 Å². The number of benzene rings is 2. The van der Waals surface area contributed by atoms with E-state index in [-0.39, 0.29) is 5.54 Å². The summed E-state index contributed by atoms with van der Waals surface area (Å²) in [5.74, 6) is 0.916. The van der Waals surface area contributed by atoms with Gasteiger partial charge in [0.1, 0.15) is 0 Å². The number of fused-ring (bicyclic) bond motifs is 1. The molecule has 0 atom stereocenters. The molecule has 0 bridgehead atoms. The van der Waals surface area contributed by atoms with Crippen molar-refractivity contribution < 1.29 is 0 Å². The van der Waals surface area contributed by atoms with Gasteiger partial charge >= 0.3 is 0 Å². The molecule has 0 unspecified atom stereocenters. The number of rotatable bonds is 4. The molecule has 1 heteroatoms. The van der Waals surface area contributed by atoms with Crippen LogP contribution in [0.2, 0.25) is 0 Å². The minimum absolute atomic E-state index is 0.00830. The predicted octanol–water partition coefficient (Wildman–Crippen LogP) is 5.07. The number of hydrogen-bond donors (Lipinski definition) is 1. The maximum absolute atomic E-state index is 6.74. The monoisotopic (exact) mass is 281 g/mol. The zero-order valence-corrected chi connectivity index (χ0v) is 13.1. The topological polar surface area (TPSA) is 26.0 Å². The van der Waals surface area contributed by atoms with Gasteiger partial charge in [0.25, 0.3) is 0 Å². The Bertz CT molecular complexity index is 588. The molecule has 21 heavy (non-hydrogen) atoms. The van der Waals surface area contributed by atoms with Crippen LogP contribution in [0.15, 0.2) is 42.5 Å². The summed E-state index contributed by atoms with van der Waals surface area (Å²) in [6.45, 7) is 2.29. The first kappa shape index (κ1) is 14.6. The summed E-state index contributed by atoms with van der Waals surface area (Å²) in [5.41, 5.74) is 8.17. The molecule has 0 aliphatic heterocycles. The third-order valence-electron chi connectivity index (χ3n) is 5.22. The van der Waals surface area contributed by atoms with Crippen molar-refractivity contribution in [3.05, 3.63) is 48.0 Å². The molecule has 0 heterocycles. The van der Waals surface area contributed by atoms with Crippen LogP contribution < -0.4 is 5.73 Å². The minimum atomic E-state index is 0.00830. The second-order valence-electron chi connectivity index (χ2n) is 6.91. The fourth-order valence-corrected chi connectivity index (χ4v) is 3.95. The largest absolute Gasteiger partial charge is 0.325 e. The maximum atomic E-state index is 6.74. The fraction of sp³-hybridized carbons (Fsp3) is 0.500. The predicted molar refractivity (Wildman–Crippen MR) is 91.4 cm³/mol. The van der Waals surface area contributed by atoms with Crippen LogP contribution in [0.5, 0.6) is 0 Å². The quantitative estimate of drug-likeness (QED) is 0.832. The van der Waals surface area contributed by atoms with Gasteiger partial charge < -0.3 is 5.73 Å². The summed E-state index contributed by atoms with van der Waals surface area (Å²) in [4.78, 5) is 0. The Hall–Kier alpha value is -1.34. The Morgan fingerprint density at radius 3 is 2.52 bits per heavy atom. The fourth-order valence-electron chi connectivity index (χ4n) is 3.95. The molecule has 1 aliphatic rings. The van der Waals surface area contributed by atoms with Crippen LogP contribution in [-0.2, 0) is 6.42 Å². The van der Waals surface area contributed by atoms with Crippen LogP contribution in [0.3, 0.4) is 0 Å². The highest BCUT2D eigenvalue weighted by Gasteiger charge is 2.31. The highest BCUT2D eigenvalue weighted by molar-refractivity contribution is 5.85. The Balaban J connectivity index is 1.76. The van der Waals surface area contributed by atoms with Gasteiger partial charge in [-0.3, -0.25) is 0 Å². The van der Waals surface area contributed by atoms with E-state index in [1.54, 1.807) is 0 Å². The van der Waals surface area contributed by atoms with Crippen LogP contribution in [0.4, 0.5) is 0 Å². The van der Waals surface area contributed by atoms with Gasteiger partial charge in [0.2, 0.25) is 0 Å². The molecule has 3 rings (SSSR count). The van der Waals surface area contributed by atoms with Crippen LogP contribution in [-0.4, -0.2) is 5.54 Å². The molecule has 0 spiro atoms. The van der Waals surface area contributed by atoms with E-state index in [1.165, 1.54) is 54.9 Å². The normalized spacial score (nSPS) is 26.1. The first-order chi connectivity index (χ1) is 10.2. The average molecular weight is 281 g/mol. The molecular weight excluding hydrogens is 254 g/mol. The third-order valence-corrected chi connectivity index (χ3v) is 5.22. The first-order valence-electron chi connectivity index (χ1n) is 8.46. The van der Waals surface area contributed by atoms with Crippen LogP contribution in [0.1, 0.15) is 51.0 Å². The lowest BCUT2D eigenvalue weighted by Gasteiger charge is -2.37. The molecule has 0 radical (unpaired) electrons. The Morgan fingerprint density at radius 1 is 1.05 bits per heavy atom. The van der Waals surface area contributed by atoms with Crippen molar-refractivity contribution in [1.29, 1.82) is 0 Å². The zero-order chi connectivity index (χ0) is 14.7. The summed E-state index contributed by atoms with van der Waals surface area (Å²) in [7, 11) is 0. The number of nitrogens with two attached hydrogens (primary N) is 1. The first-order valence-corrected chi connectivity index (χ1v) is 8.46. The van der Waals surface area contributed by atoms with E-state index in [0.717, 1.165) is 12.3 Å². The second kappa shape index (κ2) is 6.19. The molecule has 2 N–H and O–H groups in total. The lowest BCUT2D eigenvalue weighted by molar-refractivity contribution is 0.223. The van der Waals surface area contributed by atoms with Gasteiger partial charge in [-0.05, 0) is 54.4 Å². The van der Waals surface area contributed by atoms with Crippen molar-refractivity contribution in [1.82, 2.24) is 0 Å². The van der Waals surface area contributed by atoms with Gasteiger partial charge in [-0.1, -0.05) is 62.2 Å². The average Bonchev–Trinajstić information content (AvgIpc) is 2.50. The molecule has 0 saturated heterocycles. The van der Waals surface area contributed by atoms with E-state index in [9.17, 15) is 0 Å². The molecular formula is C20H27N. The summed E-state index contributed by atoms with van der Waals surface area (Å²) >= 11 is 0. The maximum Gasteiger partial charge on any atom is 0.0195 e. The van der Waals surface area contributed by atoms with Crippen molar-refractivity contribution in [2.24, 2.45) is 11.7 Å². The standard InChI is InChI=1S/C20H27N/c1-2-6-16-11-13-20(21,14-12-16)15-18-9-5-8-17-7-3-4-10-19(17)18/h3-5,7-10,16H,2,6,11-15,21H2,1H3. The van der Waals surface area contributed by atoms with E-state index in [4.69, 9.17) is 5.73 Å². The molecule has 1 fully saturated rings. The smallest absolute Gasteiger partial charge is 0.0195 e. The highest BCUT2D eigenvalue weighted by Crippen LogP contribution is 2.36. The zero-order valence-electron chi connectivity index (χ0n) is 13.1. The SMILES string of the molecule is CCCC1CCC(N)(Cc2cccc3ccccc23)CC1. The Labute approximate surface area is 128 Å². The molecule has 0 amide bonds. The van der Waals surface area contributed by atoms with E-state index < -0.39 is 0 Å². The van der Waals surface area contributed by atoms with Crippen molar-refractivity contribution in [3.8, 4) is 0 Å². The summed E-state index contributed by atoms with van der Waals surface area (Å²) in [5, 5.41) is 2.71. The summed E-state index contributed by atoms with van der Waals surface area (Å²) in [6, 6.07) is 15.3. The molecule has 1 aliphatic carbocycles. The van der Waals surface area contributed by atoms with Crippen molar-refractivity contribution in [2.45, 2.75) is 57.4 Å². The lowest BCUT2D eigenvalue weighted by Crippen LogP contribution is -2.45. The molecule has 2 aromatic rings. The van der Waals surface area contributed by atoms with Gasteiger partial charge in [0.15, 0.2) is 0 Å². The molecule has 2 aromatic carbocycles. The van der Waals surface area contributed by atoms with E-state index >= 15 is 0 Å². The van der Waals surface area contributed by atoms with Gasteiger partial charge in [0.05, 0.1) is 0 Å². The van der Waals surface area contributed by atoms with Crippen molar-refractivity contribution in [2.75, 3.05) is 0 Å². The van der Waals surface area contributed by atoms with E-state index in [0.29, 0.717) is 0 Å². The molecule has 112 valence electrons.